The Balaban J connectivity index is 1.56. The fourth-order valence-corrected chi connectivity index (χ4v) is 2.61. The van der Waals surface area contributed by atoms with E-state index in [2.05, 4.69) is 10.6 Å². The Hall–Kier alpha value is -3.54. The van der Waals surface area contributed by atoms with Gasteiger partial charge in [-0.2, -0.15) is 0 Å². The van der Waals surface area contributed by atoms with Crippen molar-refractivity contribution in [3.8, 4) is 0 Å². The van der Waals surface area contributed by atoms with Gasteiger partial charge in [0, 0.05) is 35.3 Å². The van der Waals surface area contributed by atoms with Crippen LogP contribution in [0.25, 0.3) is 0 Å². The number of nitrogens with one attached hydrogen (secondary N) is 2. The van der Waals surface area contributed by atoms with Crippen LogP contribution in [0.5, 0.6) is 0 Å². The van der Waals surface area contributed by atoms with Gasteiger partial charge in [-0.1, -0.05) is 36.4 Å². The van der Waals surface area contributed by atoms with Crippen molar-refractivity contribution in [1.29, 1.82) is 0 Å². The molecule has 2 amide bonds. The summed E-state index contributed by atoms with van der Waals surface area (Å²) in [5.41, 5.74) is 1.48. The van der Waals surface area contributed by atoms with E-state index < -0.39 is 0 Å². The maximum atomic E-state index is 13.6. The van der Waals surface area contributed by atoms with Gasteiger partial charge in [-0.25, -0.2) is 8.78 Å². The quantitative estimate of drug-likeness (QED) is 0.683. The largest absolute Gasteiger partial charge is 0.348 e. The molecule has 0 heterocycles. The Morgan fingerprint density at radius 2 is 0.964 bits per heavy atom. The van der Waals surface area contributed by atoms with Gasteiger partial charge in [0.2, 0.25) is 0 Å². The molecule has 6 heteroatoms. The minimum absolute atomic E-state index is 0.0659. The van der Waals surface area contributed by atoms with Crippen molar-refractivity contribution in [2.24, 2.45) is 0 Å². The number of carbonyl (C=O) groups excluding carboxylic acids is 2. The molecule has 2 N–H and O–H groups in total. The van der Waals surface area contributed by atoms with Crippen molar-refractivity contribution in [2.45, 2.75) is 13.1 Å². The van der Waals surface area contributed by atoms with Crippen LogP contribution in [-0.4, -0.2) is 11.8 Å². The zero-order valence-electron chi connectivity index (χ0n) is 14.9. The van der Waals surface area contributed by atoms with E-state index in [1.54, 1.807) is 36.4 Å². The number of carbonyl (C=O) groups is 2. The van der Waals surface area contributed by atoms with Gasteiger partial charge in [0.25, 0.3) is 11.8 Å². The van der Waals surface area contributed by atoms with Gasteiger partial charge in [-0.3, -0.25) is 9.59 Å². The topological polar surface area (TPSA) is 58.2 Å². The van der Waals surface area contributed by atoms with E-state index in [1.165, 1.54) is 36.4 Å². The van der Waals surface area contributed by atoms with Gasteiger partial charge < -0.3 is 10.6 Å². The Morgan fingerprint density at radius 1 is 0.607 bits per heavy atom. The Kier molecular flexibility index (Phi) is 6.11. The van der Waals surface area contributed by atoms with Gasteiger partial charge in [0.15, 0.2) is 0 Å². The lowest BCUT2D eigenvalue weighted by molar-refractivity contribution is 0.0938. The Bertz CT molecular complexity index is 907. The van der Waals surface area contributed by atoms with Crippen LogP contribution in [0, 0.1) is 11.6 Å². The number of benzene rings is 3. The lowest BCUT2D eigenvalue weighted by Gasteiger charge is -2.08. The van der Waals surface area contributed by atoms with E-state index in [9.17, 15) is 18.4 Å². The molecular formula is C22H18F2N2O2. The normalized spacial score (nSPS) is 10.4. The number of amides is 2. The highest BCUT2D eigenvalue weighted by atomic mass is 19.1. The van der Waals surface area contributed by atoms with E-state index in [4.69, 9.17) is 0 Å². The standard InChI is InChI=1S/C22H18F2N2O2/c23-19-7-3-1-5-17(19)13-25-21(27)15-9-11-16(12-10-15)22(28)26-14-18-6-2-4-8-20(18)24/h1-12H,13-14H2,(H,25,27)(H,26,28). The minimum Gasteiger partial charge on any atom is -0.348 e. The average molecular weight is 380 g/mol. The van der Waals surface area contributed by atoms with Crippen LogP contribution in [-0.2, 0) is 13.1 Å². The first-order valence-electron chi connectivity index (χ1n) is 8.68. The summed E-state index contributed by atoms with van der Waals surface area (Å²) in [6, 6.07) is 18.4. The molecular weight excluding hydrogens is 362 g/mol. The summed E-state index contributed by atoms with van der Waals surface area (Å²) in [5.74, 6) is -1.52. The molecule has 3 rings (SSSR count). The monoisotopic (exact) mass is 380 g/mol. The molecule has 142 valence electrons. The Labute approximate surface area is 161 Å². The van der Waals surface area contributed by atoms with Crippen molar-refractivity contribution in [3.05, 3.63) is 107 Å². The molecule has 28 heavy (non-hydrogen) atoms. The molecule has 3 aromatic carbocycles. The molecule has 0 aliphatic heterocycles. The first-order chi connectivity index (χ1) is 13.5. The van der Waals surface area contributed by atoms with Crippen LogP contribution in [0.1, 0.15) is 31.8 Å². The molecule has 0 bridgehead atoms. The van der Waals surface area contributed by atoms with Gasteiger partial charge in [-0.05, 0) is 36.4 Å². The third kappa shape index (κ3) is 4.79. The zero-order chi connectivity index (χ0) is 19.9. The molecule has 4 nitrogen and oxygen atoms in total. The van der Waals surface area contributed by atoms with Crippen molar-refractivity contribution >= 4 is 11.8 Å². The fourth-order valence-electron chi connectivity index (χ4n) is 2.61. The summed E-state index contributed by atoms with van der Waals surface area (Å²) in [4.78, 5) is 24.4. The van der Waals surface area contributed by atoms with Gasteiger partial charge >= 0.3 is 0 Å². The molecule has 0 atom stereocenters. The van der Waals surface area contributed by atoms with Gasteiger partial charge in [0.05, 0.1) is 0 Å². The number of hydrogen-bond acceptors (Lipinski definition) is 2. The van der Waals surface area contributed by atoms with E-state index >= 15 is 0 Å². The molecule has 0 saturated heterocycles. The molecule has 0 aliphatic carbocycles. The molecule has 0 aromatic heterocycles. The number of hydrogen-bond donors (Lipinski definition) is 2. The second-order valence-electron chi connectivity index (χ2n) is 6.13. The van der Waals surface area contributed by atoms with Crippen molar-refractivity contribution in [3.63, 3.8) is 0 Å². The number of halogens is 2. The maximum Gasteiger partial charge on any atom is 0.251 e. The van der Waals surface area contributed by atoms with Gasteiger partial charge in [-0.15, -0.1) is 0 Å². The fraction of sp³-hybridized carbons (Fsp3) is 0.0909. The third-order valence-electron chi connectivity index (χ3n) is 4.20. The molecule has 0 aliphatic rings. The van der Waals surface area contributed by atoms with E-state index in [0.29, 0.717) is 22.3 Å². The van der Waals surface area contributed by atoms with Crippen LogP contribution in [0.3, 0.4) is 0 Å². The zero-order valence-corrected chi connectivity index (χ0v) is 14.9. The average Bonchev–Trinajstić information content (AvgIpc) is 2.72. The second-order valence-corrected chi connectivity index (χ2v) is 6.13. The van der Waals surface area contributed by atoms with E-state index in [1.807, 2.05) is 0 Å². The molecule has 0 saturated carbocycles. The lowest BCUT2D eigenvalue weighted by atomic mass is 10.1. The van der Waals surface area contributed by atoms with Gasteiger partial charge in [0.1, 0.15) is 11.6 Å². The lowest BCUT2D eigenvalue weighted by Crippen LogP contribution is -2.25. The molecule has 0 radical (unpaired) electrons. The highest BCUT2D eigenvalue weighted by Gasteiger charge is 2.10. The summed E-state index contributed by atoms with van der Waals surface area (Å²) < 4.78 is 27.2. The SMILES string of the molecule is O=C(NCc1ccccc1F)c1ccc(C(=O)NCc2ccccc2F)cc1. The second kappa shape index (κ2) is 8.90. The summed E-state index contributed by atoms with van der Waals surface area (Å²) >= 11 is 0. The summed E-state index contributed by atoms with van der Waals surface area (Å²) in [7, 11) is 0. The first kappa shape index (κ1) is 19.2. The molecule has 0 unspecified atom stereocenters. The summed E-state index contributed by atoms with van der Waals surface area (Å²) in [6.45, 7) is 0.132. The summed E-state index contributed by atoms with van der Waals surface area (Å²) in [6.07, 6.45) is 0. The highest BCUT2D eigenvalue weighted by molar-refractivity contribution is 5.97. The van der Waals surface area contributed by atoms with Crippen LogP contribution in [0.4, 0.5) is 8.78 Å². The van der Waals surface area contributed by atoms with Crippen LogP contribution in [0.15, 0.2) is 72.8 Å². The van der Waals surface area contributed by atoms with E-state index in [0.717, 1.165) is 0 Å². The highest BCUT2D eigenvalue weighted by Crippen LogP contribution is 2.09. The smallest absolute Gasteiger partial charge is 0.251 e. The van der Waals surface area contributed by atoms with Crippen LogP contribution >= 0.6 is 0 Å². The predicted molar refractivity (Wildman–Crippen MR) is 102 cm³/mol. The molecule has 0 fully saturated rings. The van der Waals surface area contributed by atoms with Crippen molar-refractivity contribution in [1.82, 2.24) is 10.6 Å². The molecule has 0 spiro atoms. The van der Waals surface area contributed by atoms with Crippen molar-refractivity contribution < 1.29 is 18.4 Å². The van der Waals surface area contributed by atoms with Crippen LogP contribution < -0.4 is 10.6 Å². The Morgan fingerprint density at radius 3 is 1.32 bits per heavy atom. The summed E-state index contributed by atoms with van der Waals surface area (Å²) in [5, 5.41) is 5.27. The number of rotatable bonds is 6. The predicted octanol–water partition coefficient (Wildman–Crippen LogP) is 3.82. The minimum atomic E-state index is -0.385. The van der Waals surface area contributed by atoms with Crippen LogP contribution in [0.2, 0.25) is 0 Å². The third-order valence-corrected chi connectivity index (χ3v) is 4.20. The maximum absolute atomic E-state index is 13.6. The van der Waals surface area contributed by atoms with Crippen molar-refractivity contribution in [2.75, 3.05) is 0 Å². The first-order valence-corrected chi connectivity index (χ1v) is 8.68. The molecule has 3 aromatic rings. The van der Waals surface area contributed by atoms with E-state index in [-0.39, 0.29) is 36.5 Å².